The van der Waals surface area contributed by atoms with Crippen molar-refractivity contribution in [1.29, 1.82) is 0 Å². The molecule has 0 saturated carbocycles. The van der Waals surface area contributed by atoms with Gasteiger partial charge in [-0.2, -0.15) is 9.61 Å². The van der Waals surface area contributed by atoms with E-state index in [0.29, 0.717) is 32.6 Å². The predicted molar refractivity (Wildman–Crippen MR) is 124 cm³/mol. The first-order valence-electron chi connectivity index (χ1n) is 9.56. The molecule has 162 valence electrons. The summed E-state index contributed by atoms with van der Waals surface area (Å²) in [6.45, 7) is 1.85. The second kappa shape index (κ2) is 7.58. The van der Waals surface area contributed by atoms with Gasteiger partial charge < -0.3 is 4.42 Å². The highest BCUT2D eigenvalue weighted by molar-refractivity contribution is 7.90. The van der Waals surface area contributed by atoms with Gasteiger partial charge >= 0.3 is 0 Å². The molecule has 3 heterocycles. The summed E-state index contributed by atoms with van der Waals surface area (Å²) in [5, 5.41) is 4.82. The van der Waals surface area contributed by atoms with E-state index in [1.807, 2.05) is 19.1 Å². The molecule has 5 nitrogen and oxygen atoms in total. The van der Waals surface area contributed by atoms with Crippen LogP contribution in [-0.4, -0.2) is 24.3 Å². The Bertz CT molecular complexity index is 1560. The Morgan fingerprint density at radius 2 is 1.66 bits per heavy atom. The lowest BCUT2D eigenvalue weighted by atomic mass is 10.0. The standard InChI is InChI=1S/C23H16ClFN2O3S2/c1-13-22(18-11-12-19(24)31-18)27-23(30-13)20(14-3-7-16(25)8-4-14)21(26-27)15-5-9-17(10-6-15)32(2,28)29/h3-12H,1-2H3. The van der Waals surface area contributed by atoms with Crippen molar-refractivity contribution in [2.24, 2.45) is 0 Å². The summed E-state index contributed by atoms with van der Waals surface area (Å²) in [6, 6.07) is 16.3. The number of rotatable bonds is 4. The molecule has 0 bridgehead atoms. The zero-order valence-electron chi connectivity index (χ0n) is 17.0. The van der Waals surface area contributed by atoms with Crippen molar-refractivity contribution in [2.75, 3.05) is 6.26 Å². The Labute approximate surface area is 192 Å². The smallest absolute Gasteiger partial charge is 0.230 e. The fraction of sp³-hybridized carbons (Fsp3) is 0.0870. The number of aromatic nitrogens is 2. The van der Waals surface area contributed by atoms with Crippen LogP contribution < -0.4 is 0 Å². The van der Waals surface area contributed by atoms with E-state index in [1.54, 1.807) is 40.9 Å². The van der Waals surface area contributed by atoms with Crippen LogP contribution in [0.2, 0.25) is 4.34 Å². The maximum atomic E-state index is 13.6. The molecule has 0 aliphatic rings. The Balaban J connectivity index is 1.79. The Hall–Kier alpha value is -2.94. The summed E-state index contributed by atoms with van der Waals surface area (Å²) in [5.74, 6) is 0.328. The molecule has 2 aromatic carbocycles. The predicted octanol–water partition coefficient (Wildman–Crippen LogP) is 6.49. The minimum atomic E-state index is -3.33. The first-order chi connectivity index (χ1) is 15.2. The van der Waals surface area contributed by atoms with Crippen molar-refractivity contribution in [3.63, 3.8) is 0 Å². The Morgan fingerprint density at radius 1 is 1.00 bits per heavy atom. The molecule has 32 heavy (non-hydrogen) atoms. The van der Waals surface area contributed by atoms with E-state index in [9.17, 15) is 12.8 Å². The highest BCUT2D eigenvalue weighted by atomic mass is 35.5. The molecule has 0 spiro atoms. The molecule has 0 radical (unpaired) electrons. The maximum absolute atomic E-state index is 13.6. The summed E-state index contributed by atoms with van der Waals surface area (Å²) in [7, 11) is -3.33. The molecule has 0 N–H and O–H groups in total. The molecule has 0 aliphatic heterocycles. The first kappa shape index (κ1) is 20.9. The molecular weight excluding hydrogens is 471 g/mol. The Kier molecular flexibility index (Phi) is 4.96. The minimum absolute atomic E-state index is 0.220. The first-order valence-corrected chi connectivity index (χ1v) is 12.7. The van der Waals surface area contributed by atoms with Gasteiger partial charge in [0.2, 0.25) is 5.71 Å². The number of hydrogen-bond acceptors (Lipinski definition) is 5. The molecule has 3 aromatic heterocycles. The molecule has 0 saturated heterocycles. The maximum Gasteiger partial charge on any atom is 0.230 e. The molecular formula is C23H16ClFN2O3S2. The fourth-order valence-electron chi connectivity index (χ4n) is 3.65. The zero-order valence-corrected chi connectivity index (χ0v) is 19.4. The van der Waals surface area contributed by atoms with Gasteiger partial charge in [-0.3, -0.25) is 0 Å². The third kappa shape index (κ3) is 3.54. The minimum Gasteiger partial charge on any atom is -0.441 e. The number of nitrogens with zero attached hydrogens (tertiary/aromatic N) is 2. The highest BCUT2D eigenvalue weighted by Crippen LogP contribution is 2.41. The molecule has 5 rings (SSSR count). The van der Waals surface area contributed by atoms with Gasteiger partial charge in [-0.15, -0.1) is 11.3 Å². The fourth-order valence-corrected chi connectivity index (χ4v) is 5.40. The molecule has 0 atom stereocenters. The van der Waals surface area contributed by atoms with Crippen LogP contribution in [0.1, 0.15) is 5.76 Å². The number of sulfone groups is 1. The normalized spacial score (nSPS) is 12.0. The third-order valence-electron chi connectivity index (χ3n) is 5.13. The van der Waals surface area contributed by atoms with E-state index in [4.69, 9.17) is 21.1 Å². The number of hydrogen-bond donors (Lipinski definition) is 0. The summed E-state index contributed by atoms with van der Waals surface area (Å²) in [6.07, 6.45) is 1.16. The summed E-state index contributed by atoms with van der Waals surface area (Å²) in [5.41, 5.74) is 4.01. The lowest BCUT2D eigenvalue weighted by Gasteiger charge is -2.05. The van der Waals surface area contributed by atoms with Gasteiger partial charge in [-0.05, 0) is 48.9 Å². The van der Waals surface area contributed by atoms with Crippen LogP contribution in [0.25, 0.3) is 38.7 Å². The van der Waals surface area contributed by atoms with Gasteiger partial charge in [0.15, 0.2) is 9.84 Å². The number of aryl methyl sites for hydroxylation is 1. The summed E-state index contributed by atoms with van der Waals surface area (Å²) < 4.78 is 45.8. The molecule has 5 aromatic rings. The molecule has 0 aliphatic carbocycles. The van der Waals surface area contributed by atoms with E-state index < -0.39 is 9.84 Å². The van der Waals surface area contributed by atoms with E-state index in [2.05, 4.69) is 0 Å². The van der Waals surface area contributed by atoms with Crippen LogP contribution in [0.5, 0.6) is 0 Å². The number of thiophene rings is 1. The van der Waals surface area contributed by atoms with Gasteiger partial charge in [-0.25, -0.2) is 12.8 Å². The average molecular weight is 487 g/mol. The van der Waals surface area contributed by atoms with Gasteiger partial charge in [0, 0.05) is 11.8 Å². The van der Waals surface area contributed by atoms with Crippen molar-refractivity contribution in [1.82, 2.24) is 9.61 Å². The molecule has 0 unspecified atom stereocenters. The number of benzene rings is 2. The topological polar surface area (TPSA) is 64.6 Å². The van der Waals surface area contributed by atoms with Crippen LogP contribution in [0.4, 0.5) is 4.39 Å². The highest BCUT2D eigenvalue weighted by Gasteiger charge is 2.25. The van der Waals surface area contributed by atoms with Gasteiger partial charge in [0.25, 0.3) is 0 Å². The van der Waals surface area contributed by atoms with Gasteiger partial charge in [0.1, 0.15) is 23.0 Å². The van der Waals surface area contributed by atoms with Crippen molar-refractivity contribution in [3.8, 4) is 33.0 Å². The number of halogens is 2. The van der Waals surface area contributed by atoms with Crippen LogP contribution in [-0.2, 0) is 9.84 Å². The van der Waals surface area contributed by atoms with Crippen molar-refractivity contribution >= 4 is 38.5 Å². The number of oxazole rings is 1. The monoisotopic (exact) mass is 486 g/mol. The second-order valence-corrected chi connectivity index (χ2v) is 11.1. The van der Waals surface area contributed by atoms with Crippen LogP contribution >= 0.6 is 22.9 Å². The Morgan fingerprint density at radius 3 is 2.25 bits per heavy atom. The average Bonchev–Trinajstić information content (AvgIpc) is 3.41. The van der Waals surface area contributed by atoms with Crippen molar-refractivity contribution < 1.29 is 17.2 Å². The van der Waals surface area contributed by atoms with E-state index in [0.717, 1.165) is 22.4 Å². The lowest BCUT2D eigenvalue weighted by molar-refractivity contribution is 0.574. The third-order valence-corrected chi connectivity index (χ3v) is 7.50. The van der Waals surface area contributed by atoms with Crippen LogP contribution in [0.15, 0.2) is 70.0 Å². The van der Waals surface area contributed by atoms with E-state index in [1.165, 1.54) is 23.5 Å². The van der Waals surface area contributed by atoms with E-state index >= 15 is 0 Å². The quantitative estimate of drug-likeness (QED) is 0.291. The lowest BCUT2D eigenvalue weighted by Crippen LogP contribution is -1.96. The second-order valence-electron chi connectivity index (χ2n) is 7.35. The van der Waals surface area contributed by atoms with Crippen molar-refractivity contribution in [3.05, 3.63) is 76.6 Å². The van der Waals surface area contributed by atoms with Gasteiger partial charge in [-0.1, -0.05) is 35.9 Å². The molecule has 0 fully saturated rings. The van der Waals surface area contributed by atoms with E-state index in [-0.39, 0.29) is 10.7 Å². The summed E-state index contributed by atoms with van der Waals surface area (Å²) >= 11 is 7.57. The van der Waals surface area contributed by atoms with Crippen LogP contribution in [0, 0.1) is 12.7 Å². The largest absolute Gasteiger partial charge is 0.441 e. The molecule has 0 amide bonds. The number of fused-ring (bicyclic) bond motifs is 1. The van der Waals surface area contributed by atoms with Gasteiger partial charge in [0.05, 0.1) is 19.7 Å². The van der Waals surface area contributed by atoms with Crippen molar-refractivity contribution in [2.45, 2.75) is 11.8 Å². The van der Waals surface area contributed by atoms with Crippen LogP contribution in [0.3, 0.4) is 0 Å². The summed E-state index contributed by atoms with van der Waals surface area (Å²) in [4.78, 5) is 1.12. The zero-order chi connectivity index (χ0) is 22.6. The molecule has 9 heteroatoms. The SMILES string of the molecule is Cc1oc2c(-c3ccc(F)cc3)c(-c3ccc(S(C)(=O)=O)cc3)nn2c1-c1ccc(Cl)s1.